The Balaban J connectivity index is 1.71. The molecule has 5 heteroatoms. The van der Waals surface area contributed by atoms with Crippen LogP contribution >= 0.6 is 0 Å². The van der Waals surface area contributed by atoms with Crippen LogP contribution in [0, 0.1) is 6.92 Å². The highest BCUT2D eigenvalue weighted by Crippen LogP contribution is 2.11. The molecule has 20 heavy (non-hydrogen) atoms. The highest BCUT2D eigenvalue weighted by molar-refractivity contribution is 5.78. The van der Waals surface area contributed by atoms with Crippen LogP contribution in [0.25, 0.3) is 0 Å². The number of nitrogens with zero attached hydrogens (tertiary/aromatic N) is 1. The minimum atomic E-state index is -0.291. The smallest absolute Gasteiger partial charge is 0.409 e. The first-order chi connectivity index (χ1) is 9.56. The summed E-state index contributed by atoms with van der Waals surface area (Å²) in [6.07, 6.45) is 0.625. The molecule has 1 atom stereocenters. The molecule has 1 aliphatic rings. The van der Waals surface area contributed by atoms with Gasteiger partial charge in [-0.3, -0.25) is 4.79 Å². The average molecular weight is 276 g/mol. The first-order valence-electron chi connectivity index (χ1n) is 6.79. The summed E-state index contributed by atoms with van der Waals surface area (Å²) in [5.74, 6) is -0.00280. The van der Waals surface area contributed by atoms with Gasteiger partial charge in [0, 0.05) is 20.0 Å². The zero-order chi connectivity index (χ0) is 14.5. The van der Waals surface area contributed by atoms with Crippen LogP contribution in [0.4, 0.5) is 4.79 Å². The predicted octanol–water partition coefficient (Wildman–Crippen LogP) is 1.49. The molecule has 0 spiro atoms. The van der Waals surface area contributed by atoms with Crippen LogP contribution in [0.1, 0.15) is 17.5 Å². The maximum atomic E-state index is 11.8. The SMILES string of the molecule is Cc1ccccc1CC(=O)NCCC1CN(C)C(=O)O1. The van der Waals surface area contributed by atoms with Gasteiger partial charge in [-0.1, -0.05) is 24.3 Å². The average Bonchev–Trinajstić information content (AvgIpc) is 2.71. The quantitative estimate of drug-likeness (QED) is 0.886. The summed E-state index contributed by atoms with van der Waals surface area (Å²) in [7, 11) is 1.71. The molecule has 1 heterocycles. The van der Waals surface area contributed by atoms with Crippen LogP contribution in [0.15, 0.2) is 24.3 Å². The zero-order valence-electron chi connectivity index (χ0n) is 11.9. The van der Waals surface area contributed by atoms with Crippen LogP contribution in [-0.4, -0.2) is 43.1 Å². The molecular weight excluding hydrogens is 256 g/mol. The molecule has 0 saturated carbocycles. The second-order valence-corrected chi connectivity index (χ2v) is 5.13. The Hall–Kier alpha value is -2.04. The fourth-order valence-electron chi connectivity index (χ4n) is 2.22. The Morgan fingerprint density at radius 1 is 1.45 bits per heavy atom. The number of aryl methyl sites for hydroxylation is 1. The van der Waals surface area contributed by atoms with E-state index in [1.165, 1.54) is 0 Å². The van der Waals surface area contributed by atoms with E-state index >= 15 is 0 Å². The topological polar surface area (TPSA) is 58.6 Å². The van der Waals surface area contributed by atoms with Crippen LogP contribution in [0.5, 0.6) is 0 Å². The molecule has 1 aromatic carbocycles. The Bertz CT molecular complexity index is 502. The van der Waals surface area contributed by atoms with E-state index in [-0.39, 0.29) is 18.1 Å². The maximum absolute atomic E-state index is 11.8. The lowest BCUT2D eigenvalue weighted by Crippen LogP contribution is -2.29. The predicted molar refractivity (Wildman–Crippen MR) is 75.4 cm³/mol. The van der Waals surface area contributed by atoms with Crippen molar-refractivity contribution in [2.75, 3.05) is 20.1 Å². The molecule has 5 nitrogen and oxygen atoms in total. The Kier molecular flexibility index (Phi) is 4.61. The molecule has 1 unspecified atom stereocenters. The molecule has 1 fully saturated rings. The fourth-order valence-corrected chi connectivity index (χ4v) is 2.22. The van der Waals surface area contributed by atoms with Gasteiger partial charge in [0.15, 0.2) is 0 Å². The highest BCUT2D eigenvalue weighted by atomic mass is 16.6. The van der Waals surface area contributed by atoms with E-state index in [1.54, 1.807) is 11.9 Å². The Morgan fingerprint density at radius 3 is 2.85 bits per heavy atom. The summed E-state index contributed by atoms with van der Waals surface area (Å²) >= 11 is 0. The largest absolute Gasteiger partial charge is 0.444 e. The maximum Gasteiger partial charge on any atom is 0.409 e. The third kappa shape index (κ3) is 3.73. The molecule has 2 rings (SSSR count). The van der Waals surface area contributed by atoms with Crippen molar-refractivity contribution in [2.24, 2.45) is 0 Å². The summed E-state index contributed by atoms with van der Waals surface area (Å²) < 4.78 is 5.13. The third-order valence-corrected chi connectivity index (χ3v) is 3.46. The van der Waals surface area contributed by atoms with Crippen molar-refractivity contribution in [1.82, 2.24) is 10.2 Å². The van der Waals surface area contributed by atoms with Gasteiger partial charge in [-0.2, -0.15) is 0 Å². The van der Waals surface area contributed by atoms with Crippen LogP contribution in [0.3, 0.4) is 0 Å². The Labute approximate surface area is 118 Å². The van der Waals surface area contributed by atoms with Gasteiger partial charge >= 0.3 is 6.09 Å². The van der Waals surface area contributed by atoms with E-state index in [0.29, 0.717) is 25.9 Å². The molecule has 0 radical (unpaired) electrons. The Morgan fingerprint density at radius 2 is 2.20 bits per heavy atom. The second kappa shape index (κ2) is 6.41. The summed E-state index contributed by atoms with van der Waals surface area (Å²) in [5, 5.41) is 2.87. The third-order valence-electron chi connectivity index (χ3n) is 3.46. The van der Waals surface area contributed by atoms with Gasteiger partial charge in [0.25, 0.3) is 0 Å². The number of hydrogen-bond donors (Lipinski definition) is 1. The van der Waals surface area contributed by atoms with Crippen molar-refractivity contribution < 1.29 is 14.3 Å². The number of cyclic esters (lactones) is 1. The summed E-state index contributed by atoms with van der Waals surface area (Å²) in [6, 6.07) is 7.85. The lowest BCUT2D eigenvalue weighted by molar-refractivity contribution is -0.120. The molecule has 0 aliphatic carbocycles. The molecule has 1 N–H and O–H groups in total. The normalized spacial score (nSPS) is 18.0. The number of ether oxygens (including phenoxy) is 1. The van der Waals surface area contributed by atoms with E-state index in [9.17, 15) is 9.59 Å². The fraction of sp³-hybridized carbons (Fsp3) is 0.467. The minimum absolute atomic E-state index is 0.00280. The number of hydrogen-bond acceptors (Lipinski definition) is 3. The lowest BCUT2D eigenvalue weighted by Gasteiger charge is -2.10. The van der Waals surface area contributed by atoms with Gasteiger partial charge < -0.3 is 15.0 Å². The first-order valence-corrected chi connectivity index (χ1v) is 6.79. The second-order valence-electron chi connectivity index (χ2n) is 5.13. The van der Waals surface area contributed by atoms with Gasteiger partial charge in [-0.05, 0) is 18.1 Å². The molecule has 2 amide bonds. The van der Waals surface area contributed by atoms with Gasteiger partial charge in [0.2, 0.25) is 5.91 Å². The number of carbonyl (C=O) groups is 2. The van der Waals surface area contributed by atoms with Crippen LogP contribution in [0.2, 0.25) is 0 Å². The van der Waals surface area contributed by atoms with Crippen molar-refractivity contribution in [3.63, 3.8) is 0 Å². The van der Waals surface area contributed by atoms with Crippen molar-refractivity contribution in [3.8, 4) is 0 Å². The van der Waals surface area contributed by atoms with E-state index in [2.05, 4.69) is 5.32 Å². The molecule has 0 bridgehead atoms. The van der Waals surface area contributed by atoms with Crippen molar-refractivity contribution in [3.05, 3.63) is 35.4 Å². The standard InChI is InChI=1S/C15H20N2O3/c1-11-5-3-4-6-12(11)9-14(18)16-8-7-13-10-17(2)15(19)20-13/h3-6,13H,7-10H2,1-2H3,(H,16,18). The van der Waals surface area contributed by atoms with Gasteiger partial charge in [0.05, 0.1) is 13.0 Å². The summed E-state index contributed by atoms with van der Waals surface area (Å²) in [5.41, 5.74) is 2.16. The molecule has 1 aliphatic heterocycles. The number of amides is 2. The van der Waals surface area contributed by atoms with E-state index in [1.807, 2.05) is 31.2 Å². The summed E-state index contributed by atoms with van der Waals surface area (Å²) in [4.78, 5) is 24.6. The van der Waals surface area contributed by atoms with Crippen molar-refractivity contribution in [1.29, 1.82) is 0 Å². The van der Waals surface area contributed by atoms with E-state index < -0.39 is 0 Å². The highest BCUT2D eigenvalue weighted by Gasteiger charge is 2.27. The number of likely N-dealkylation sites (N-methyl/N-ethyl adjacent to an activating group) is 1. The monoisotopic (exact) mass is 276 g/mol. The minimum Gasteiger partial charge on any atom is -0.444 e. The molecule has 108 valence electrons. The first kappa shape index (κ1) is 14.4. The van der Waals surface area contributed by atoms with Gasteiger partial charge in [-0.15, -0.1) is 0 Å². The van der Waals surface area contributed by atoms with Gasteiger partial charge in [0.1, 0.15) is 6.10 Å². The van der Waals surface area contributed by atoms with Crippen molar-refractivity contribution in [2.45, 2.75) is 25.9 Å². The molecule has 1 saturated heterocycles. The molecular formula is C15H20N2O3. The summed E-state index contributed by atoms with van der Waals surface area (Å²) in [6.45, 7) is 3.11. The molecule has 0 aromatic heterocycles. The van der Waals surface area contributed by atoms with Crippen molar-refractivity contribution >= 4 is 12.0 Å². The molecule has 1 aromatic rings. The van der Waals surface area contributed by atoms with E-state index in [4.69, 9.17) is 4.74 Å². The van der Waals surface area contributed by atoms with Crippen LogP contribution in [-0.2, 0) is 16.0 Å². The van der Waals surface area contributed by atoms with Crippen LogP contribution < -0.4 is 5.32 Å². The van der Waals surface area contributed by atoms with Gasteiger partial charge in [-0.25, -0.2) is 4.79 Å². The number of rotatable bonds is 5. The zero-order valence-corrected chi connectivity index (χ0v) is 11.9. The number of benzene rings is 1. The lowest BCUT2D eigenvalue weighted by atomic mass is 10.1. The van der Waals surface area contributed by atoms with E-state index in [0.717, 1.165) is 11.1 Å². The number of nitrogens with one attached hydrogen (secondary N) is 1. The number of carbonyl (C=O) groups excluding carboxylic acids is 2.